The molecule has 140 valence electrons. The maximum Gasteiger partial charge on any atom is 0.246 e. The second kappa shape index (κ2) is 8.82. The standard InChI is InChI=1S/C21H22ClN3O2/c1-15-7-10-23-19(13-15)24-21(27)17-8-11-25(12-9-17)20(26)6-5-16-3-2-4-18(22)14-16/h2-7,10,13-14,17H,8-9,11-12H2,1H3,(H,23,24,27). The number of piperidine rings is 1. The van der Waals surface area contributed by atoms with E-state index in [-0.39, 0.29) is 17.7 Å². The fourth-order valence-electron chi connectivity index (χ4n) is 3.08. The third kappa shape index (κ3) is 5.41. The summed E-state index contributed by atoms with van der Waals surface area (Å²) in [4.78, 5) is 30.7. The van der Waals surface area contributed by atoms with Crippen LogP contribution < -0.4 is 5.32 Å². The molecule has 6 heteroatoms. The zero-order valence-corrected chi connectivity index (χ0v) is 15.9. The van der Waals surface area contributed by atoms with E-state index in [2.05, 4.69) is 10.3 Å². The van der Waals surface area contributed by atoms with Gasteiger partial charge in [0.2, 0.25) is 11.8 Å². The molecule has 1 aromatic heterocycles. The van der Waals surface area contributed by atoms with E-state index in [4.69, 9.17) is 11.6 Å². The Morgan fingerprint density at radius 2 is 2.00 bits per heavy atom. The maximum atomic E-state index is 12.4. The third-order valence-electron chi connectivity index (χ3n) is 4.61. The van der Waals surface area contributed by atoms with Gasteiger partial charge in [0, 0.05) is 36.3 Å². The smallest absolute Gasteiger partial charge is 0.246 e. The summed E-state index contributed by atoms with van der Waals surface area (Å²) in [6.07, 6.45) is 6.29. The normalized spacial score (nSPS) is 15.1. The second-order valence-corrected chi connectivity index (χ2v) is 7.13. The molecule has 2 amide bonds. The minimum Gasteiger partial charge on any atom is -0.339 e. The molecule has 0 aliphatic carbocycles. The van der Waals surface area contributed by atoms with Gasteiger partial charge in [-0.15, -0.1) is 0 Å². The Bertz CT molecular complexity index is 858. The van der Waals surface area contributed by atoms with Crippen LogP contribution in [0.2, 0.25) is 5.02 Å². The van der Waals surface area contributed by atoms with Crippen molar-refractivity contribution < 1.29 is 9.59 Å². The Hall–Kier alpha value is -2.66. The lowest BCUT2D eigenvalue weighted by atomic mass is 9.96. The SMILES string of the molecule is Cc1ccnc(NC(=O)C2CCN(C(=O)C=Cc3cccc(Cl)c3)CC2)c1. The molecule has 2 aromatic rings. The van der Waals surface area contributed by atoms with Gasteiger partial charge in [-0.2, -0.15) is 0 Å². The fourth-order valence-corrected chi connectivity index (χ4v) is 3.28. The summed E-state index contributed by atoms with van der Waals surface area (Å²) >= 11 is 5.95. The van der Waals surface area contributed by atoms with Gasteiger partial charge in [0.1, 0.15) is 5.82 Å². The van der Waals surface area contributed by atoms with Gasteiger partial charge in [0.05, 0.1) is 0 Å². The summed E-state index contributed by atoms with van der Waals surface area (Å²) in [6, 6.07) is 11.1. The predicted octanol–water partition coefficient (Wildman–Crippen LogP) is 3.93. The van der Waals surface area contributed by atoms with E-state index >= 15 is 0 Å². The highest BCUT2D eigenvalue weighted by Crippen LogP contribution is 2.20. The number of carbonyl (C=O) groups excluding carboxylic acids is 2. The molecular formula is C21H22ClN3O2. The molecule has 0 saturated carbocycles. The summed E-state index contributed by atoms with van der Waals surface area (Å²) < 4.78 is 0. The van der Waals surface area contributed by atoms with Crippen LogP contribution in [-0.4, -0.2) is 34.8 Å². The van der Waals surface area contributed by atoms with Gasteiger partial charge < -0.3 is 10.2 Å². The van der Waals surface area contributed by atoms with Crippen molar-refractivity contribution in [3.8, 4) is 0 Å². The molecule has 1 fully saturated rings. The van der Waals surface area contributed by atoms with Crippen LogP contribution in [0.5, 0.6) is 0 Å². The number of amides is 2. The third-order valence-corrected chi connectivity index (χ3v) is 4.85. The summed E-state index contributed by atoms with van der Waals surface area (Å²) in [7, 11) is 0. The van der Waals surface area contributed by atoms with Crippen LogP contribution in [0.4, 0.5) is 5.82 Å². The Labute approximate surface area is 164 Å². The Kier molecular flexibility index (Phi) is 6.24. The van der Waals surface area contributed by atoms with E-state index in [9.17, 15) is 9.59 Å². The average molecular weight is 384 g/mol. The van der Waals surface area contributed by atoms with E-state index in [1.807, 2.05) is 31.2 Å². The predicted molar refractivity (Wildman–Crippen MR) is 107 cm³/mol. The number of aromatic nitrogens is 1. The highest BCUT2D eigenvalue weighted by Gasteiger charge is 2.26. The molecule has 1 N–H and O–H groups in total. The Morgan fingerprint density at radius 3 is 2.70 bits per heavy atom. The van der Waals surface area contributed by atoms with Crippen LogP contribution in [0.15, 0.2) is 48.7 Å². The van der Waals surface area contributed by atoms with Crippen molar-refractivity contribution >= 4 is 35.3 Å². The summed E-state index contributed by atoms with van der Waals surface area (Å²) in [5.41, 5.74) is 1.93. The first-order valence-corrected chi connectivity index (χ1v) is 9.35. The number of hydrogen-bond acceptors (Lipinski definition) is 3. The maximum absolute atomic E-state index is 12.4. The molecule has 1 aliphatic heterocycles. The van der Waals surface area contributed by atoms with Crippen LogP contribution in [-0.2, 0) is 9.59 Å². The fraction of sp³-hybridized carbons (Fsp3) is 0.286. The molecule has 1 saturated heterocycles. The first kappa shape index (κ1) is 19.1. The van der Waals surface area contributed by atoms with Crippen molar-refractivity contribution in [3.63, 3.8) is 0 Å². The van der Waals surface area contributed by atoms with Crippen molar-refractivity contribution in [2.24, 2.45) is 5.92 Å². The number of likely N-dealkylation sites (tertiary alicyclic amines) is 1. The zero-order chi connectivity index (χ0) is 19.2. The van der Waals surface area contributed by atoms with Gasteiger partial charge in [0.15, 0.2) is 0 Å². The minimum atomic E-state index is -0.103. The second-order valence-electron chi connectivity index (χ2n) is 6.70. The number of hydrogen-bond donors (Lipinski definition) is 1. The summed E-state index contributed by atoms with van der Waals surface area (Å²) in [5, 5.41) is 3.51. The number of anilines is 1. The van der Waals surface area contributed by atoms with Crippen LogP contribution >= 0.6 is 11.6 Å². The molecule has 0 radical (unpaired) electrons. The molecule has 1 aliphatic rings. The molecule has 0 bridgehead atoms. The number of nitrogens with zero attached hydrogens (tertiary/aromatic N) is 2. The van der Waals surface area contributed by atoms with Gasteiger partial charge in [-0.25, -0.2) is 4.98 Å². The van der Waals surface area contributed by atoms with Gasteiger partial charge in [0.25, 0.3) is 0 Å². The highest BCUT2D eigenvalue weighted by molar-refractivity contribution is 6.30. The topological polar surface area (TPSA) is 62.3 Å². The Balaban J connectivity index is 1.50. The van der Waals surface area contributed by atoms with Gasteiger partial charge >= 0.3 is 0 Å². The van der Waals surface area contributed by atoms with Crippen LogP contribution in [0.3, 0.4) is 0 Å². The monoisotopic (exact) mass is 383 g/mol. The Morgan fingerprint density at radius 1 is 1.22 bits per heavy atom. The van der Waals surface area contributed by atoms with Crippen LogP contribution in [0.1, 0.15) is 24.0 Å². The van der Waals surface area contributed by atoms with Gasteiger partial charge in [-0.1, -0.05) is 23.7 Å². The minimum absolute atomic E-state index is 0.0327. The van der Waals surface area contributed by atoms with Crippen molar-refractivity contribution in [1.29, 1.82) is 0 Å². The number of carbonyl (C=O) groups is 2. The van der Waals surface area contributed by atoms with Crippen LogP contribution in [0.25, 0.3) is 6.08 Å². The molecule has 5 nitrogen and oxygen atoms in total. The number of rotatable bonds is 4. The molecular weight excluding hydrogens is 362 g/mol. The first-order valence-electron chi connectivity index (χ1n) is 8.97. The molecule has 3 rings (SSSR count). The lowest BCUT2D eigenvalue weighted by Crippen LogP contribution is -2.40. The number of pyridine rings is 1. The number of benzene rings is 1. The van der Waals surface area contributed by atoms with E-state index < -0.39 is 0 Å². The van der Waals surface area contributed by atoms with Gasteiger partial charge in [-0.3, -0.25) is 9.59 Å². The first-order chi connectivity index (χ1) is 13.0. The molecule has 0 spiro atoms. The van der Waals surface area contributed by atoms with Crippen molar-refractivity contribution in [1.82, 2.24) is 9.88 Å². The van der Waals surface area contributed by atoms with Crippen molar-refractivity contribution in [2.45, 2.75) is 19.8 Å². The lowest BCUT2D eigenvalue weighted by molar-refractivity contribution is -0.130. The average Bonchev–Trinajstić information content (AvgIpc) is 2.66. The molecule has 0 unspecified atom stereocenters. The van der Waals surface area contributed by atoms with E-state index in [1.165, 1.54) is 0 Å². The number of aryl methyl sites for hydroxylation is 1. The quantitative estimate of drug-likeness (QED) is 0.813. The summed E-state index contributed by atoms with van der Waals surface area (Å²) in [6.45, 7) is 3.09. The van der Waals surface area contributed by atoms with Crippen molar-refractivity contribution in [2.75, 3.05) is 18.4 Å². The van der Waals surface area contributed by atoms with E-state index in [0.29, 0.717) is 36.8 Å². The lowest BCUT2D eigenvalue weighted by Gasteiger charge is -2.30. The van der Waals surface area contributed by atoms with E-state index in [0.717, 1.165) is 11.1 Å². The molecule has 2 heterocycles. The summed E-state index contributed by atoms with van der Waals surface area (Å²) in [5.74, 6) is 0.389. The van der Waals surface area contributed by atoms with E-state index in [1.54, 1.807) is 35.4 Å². The zero-order valence-electron chi connectivity index (χ0n) is 15.2. The highest BCUT2D eigenvalue weighted by atomic mass is 35.5. The number of halogens is 1. The molecule has 0 atom stereocenters. The largest absolute Gasteiger partial charge is 0.339 e. The molecule has 27 heavy (non-hydrogen) atoms. The number of nitrogens with one attached hydrogen (secondary N) is 1. The van der Waals surface area contributed by atoms with Crippen LogP contribution in [0, 0.1) is 12.8 Å². The van der Waals surface area contributed by atoms with Crippen molar-refractivity contribution in [3.05, 3.63) is 64.8 Å². The molecule has 1 aromatic carbocycles. The van der Waals surface area contributed by atoms with Gasteiger partial charge in [-0.05, 0) is 61.2 Å².